The number of ether oxygens (including phenoxy) is 1. The van der Waals surface area contributed by atoms with Crippen LogP contribution in [0.4, 0.5) is 0 Å². The van der Waals surface area contributed by atoms with Crippen LogP contribution in [0.1, 0.15) is 30.0 Å². The van der Waals surface area contributed by atoms with E-state index in [1.165, 1.54) is 17.2 Å². The summed E-state index contributed by atoms with van der Waals surface area (Å²) >= 11 is 0. The van der Waals surface area contributed by atoms with E-state index in [-0.39, 0.29) is 24.4 Å². The van der Waals surface area contributed by atoms with Gasteiger partial charge in [-0.3, -0.25) is 0 Å². The Morgan fingerprint density at radius 2 is 2.26 bits per heavy atom. The largest absolute Gasteiger partial charge is 0.463 e. The second kappa shape index (κ2) is 7.31. The smallest absolute Gasteiger partial charge is 0.330 e. The Kier molecular flexibility index (Phi) is 6.06. The van der Waals surface area contributed by atoms with Crippen molar-refractivity contribution in [3.05, 3.63) is 41.0 Å². The van der Waals surface area contributed by atoms with E-state index in [2.05, 4.69) is 12.1 Å². The van der Waals surface area contributed by atoms with Crippen LogP contribution in [0, 0.1) is 0 Å². The Morgan fingerprint density at radius 1 is 1.47 bits per heavy atom. The second-order valence-electron chi connectivity index (χ2n) is 4.62. The van der Waals surface area contributed by atoms with Gasteiger partial charge < -0.3 is 10.5 Å². The lowest BCUT2D eigenvalue weighted by molar-refractivity contribution is -0.137. The minimum absolute atomic E-state index is 0. The zero-order valence-corrected chi connectivity index (χ0v) is 11.9. The fourth-order valence-electron chi connectivity index (χ4n) is 2.26. The van der Waals surface area contributed by atoms with Gasteiger partial charge in [0.25, 0.3) is 0 Å². The first-order chi connectivity index (χ1) is 8.69. The molecule has 0 saturated carbocycles. The molecule has 0 amide bonds. The summed E-state index contributed by atoms with van der Waals surface area (Å²) in [6, 6.07) is 6.54. The van der Waals surface area contributed by atoms with Gasteiger partial charge in [-0.05, 0) is 49.0 Å². The molecular formula is C15H20ClNO2. The molecule has 0 aromatic heterocycles. The van der Waals surface area contributed by atoms with Gasteiger partial charge in [0.15, 0.2) is 0 Å². The molecule has 1 aliphatic rings. The number of carbonyl (C=O) groups excluding carboxylic acids is 1. The fraction of sp³-hybridized carbons (Fsp3) is 0.400. The summed E-state index contributed by atoms with van der Waals surface area (Å²) in [5, 5.41) is 0. The second-order valence-corrected chi connectivity index (χ2v) is 4.62. The van der Waals surface area contributed by atoms with Crippen molar-refractivity contribution in [2.24, 2.45) is 5.73 Å². The van der Waals surface area contributed by atoms with Crippen molar-refractivity contribution >= 4 is 24.5 Å². The average Bonchev–Trinajstić information content (AvgIpc) is 2.36. The summed E-state index contributed by atoms with van der Waals surface area (Å²) in [5.74, 6) is -0.299. The highest BCUT2D eigenvalue weighted by Crippen LogP contribution is 2.22. The number of carbonyl (C=O) groups is 1. The highest BCUT2D eigenvalue weighted by atomic mass is 35.5. The van der Waals surface area contributed by atoms with Gasteiger partial charge in [0.1, 0.15) is 0 Å². The molecule has 1 atom stereocenters. The highest BCUT2D eigenvalue weighted by molar-refractivity contribution is 5.87. The summed E-state index contributed by atoms with van der Waals surface area (Å²) in [6.07, 6.45) is 6.30. The number of benzene rings is 1. The Balaban J connectivity index is 0.00000180. The molecule has 0 saturated heterocycles. The first-order valence-corrected chi connectivity index (χ1v) is 6.41. The number of hydrogen-bond donors (Lipinski definition) is 1. The predicted molar refractivity (Wildman–Crippen MR) is 79.4 cm³/mol. The Hall–Kier alpha value is -1.32. The molecule has 19 heavy (non-hydrogen) atoms. The molecule has 1 aromatic rings. The van der Waals surface area contributed by atoms with E-state index in [4.69, 9.17) is 10.5 Å². The van der Waals surface area contributed by atoms with Crippen molar-refractivity contribution in [2.45, 2.75) is 32.2 Å². The van der Waals surface area contributed by atoms with Gasteiger partial charge in [-0.25, -0.2) is 4.79 Å². The number of fused-ring (bicyclic) bond motifs is 1. The molecule has 0 radical (unpaired) electrons. The lowest BCUT2D eigenvalue weighted by Crippen LogP contribution is -2.27. The zero-order valence-electron chi connectivity index (χ0n) is 11.1. The third-order valence-electron chi connectivity index (χ3n) is 3.20. The average molecular weight is 282 g/mol. The van der Waals surface area contributed by atoms with Gasteiger partial charge in [0.2, 0.25) is 0 Å². The molecule has 0 aliphatic heterocycles. The van der Waals surface area contributed by atoms with Gasteiger partial charge >= 0.3 is 5.97 Å². The summed E-state index contributed by atoms with van der Waals surface area (Å²) in [7, 11) is 0. The molecule has 0 spiro atoms. The van der Waals surface area contributed by atoms with E-state index in [0.29, 0.717) is 6.61 Å². The van der Waals surface area contributed by atoms with Crippen molar-refractivity contribution in [2.75, 3.05) is 6.61 Å². The molecule has 4 heteroatoms. The van der Waals surface area contributed by atoms with Gasteiger partial charge in [0, 0.05) is 12.1 Å². The highest BCUT2D eigenvalue weighted by Gasteiger charge is 2.14. The topological polar surface area (TPSA) is 52.3 Å². The summed E-state index contributed by atoms with van der Waals surface area (Å²) in [4.78, 5) is 11.2. The van der Waals surface area contributed by atoms with Crippen LogP contribution in [0.15, 0.2) is 24.3 Å². The lowest BCUT2D eigenvalue weighted by Gasteiger charge is -2.21. The van der Waals surface area contributed by atoms with Crippen molar-refractivity contribution in [1.29, 1.82) is 0 Å². The third-order valence-corrected chi connectivity index (χ3v) is 3.20. The van der Waals surface area contributed by atoms with E-state index in [9.17, 15) is 4.79 Å². The summed E-state index contributed by atoms with van der Waals surface area (Å²) in [6.45, 7) is 2.20. The number of rotatable bonds is 3. The molecule has 0 bridgehead atoms. The normalized spacial score (nSPS) is 17.7. The molecule has 2 rings (SSSR count). The Labute approximate surface area is 120 Å². The Morgan fingerprint density at radius 3 is 3.00 bits per heavy atom. The van der Waals surface area contributed by atoms with Crippen LogP contribution in [-0.4, -0.2) is 18.6 Å². The molecule has 0 fully saturated rings. The molecule has 0 heterocycles. The van der Waals surface area contributed by atoms with Gasteiger partial charge in [-0.15, -0.1) is 12.4 Å². The quantitative estimate of drug-likeness (QED) is 0.684. The monoisotopic (exact) mass is 281 g/mol. The van der Waals surface area contributed by atoms with E-state index in [1.54, 1.807) is 13.0 Å². The van der Waals surface area contributed by atoms with E-state index in [0.717, 1.165) is 24.8 Å². The van der Waals surface area contributed by atoms with Crippen LogP contribution < -0.4 is 5.73 Å². The number of nitrogens with two attached hydrogens (primary N) is 1. The molecule has 104 valence electrons. The number of halogens is 1. The van der Waals surface area contributed by atoms with Crippen LogP contribution >= 0.6 is 12.4 Å². The number of esters is 1. The van der Waals surface area contributed by atoms with Crippen LogP contribution in [0.2, 0.25) is 0 Å². The van der Waals surface area contributed by atoms with Crippen LogP contribution in [-0.2, 0) is 22.4 Å². The van der Waals surface area contributed by atoms with Crippen molar-refractivity contribution < 1.29 is 9.53 Å². The maximum absolute atomic E-state index is 11.2. The van der Waals surface area contributed by atoms with Crippen molar-refractivity contribution in [1.82, 2.24) is 0 Å². The SMILES string of the molecule is CCOC(=O)/C=C/c1ccc2c(c1)C[C@H](N)CC2.Cl. The number of aryl methyl sites for hydroxylation is 1. The summed E-state index contributed by atoms with van der Waals surface area (Å²) in [5.41, 5.74) is 9.68. The minimum Gasteiger partial charge on any atom is -0.463 e. The first kappa shape index (κ1) is 15.7. The van der Waals surface area contributed by atoms with Crippen LogP contribution in [0.25, 0.3) is 6.08 Å². The van der Waals surface area contributed by atoms with Gasteiger partial charge in [-0.2, -0.15) is 0 Å². The van der Waals surface area contributed by atoms with Gasteiger partial charge in [-0.1, -0.05) is 18.2 Å². The lowest BCUT2D eigenvalue weighted by atomic mass is 9.87. The predicted octanol–water partition coefficient (Wildman–Crippen LogP) is 2.50. The Bertz CT molecular complexity index is 471. The molecular weight excluding hydrogens is 262 g/mol. The molecule has 1 aliphatic carbocycles. The molecule has 2 N–H and O–H groups in total. The summed E-state index contributed by atoms with van der Waals surface area (Å²) < 4.78 is 4.85. The minimum atomic E-state index is -0.299. The van der Waals surface area contributed by atoms with Crippen molar-refractivity contribution in [3.8, 4) is 0 Å². The van der Waals surface area contributed by atoms with E-state index in [1.807, 2.05) is 6.07 Å². The zero-order chi connectivity index (χ0) is 13.0. The first-order valence-electron chi connectivity index (χ1n) is 6.41. The van der Waals surface area contributed by atoms with E-state index >= 15 is 0 Å². The fourth-order valence-corrected chi connectivity index (χ4v) is 2.26. The maximum atomic E-state index is 11.2. The third kappa shape index (κ3) is 4.37. The maximum Gasteiger partial charge on any atom is 0.330 e. The van der Waals surface area contributed by atoms with Crippen LogP contribution in [0.3, 0.4) is 0 Å². The molecule has 1 aromatic carbocycles. The standard InChI is InChI=1S/C15H19NO2.ClH/c1-2-18-15(17)8-4-11-3-5-12-6-7-14(16)10-13(12)9-11;/h3-5,8-9,14H,2,6-7,10,16H2,1H3;1H/b8-4+;/t14-;/m1./s1. The molecule has 0 unspecified atom stereocenters. The van der Waals surface area contributed by atoms with Crippen molar-refractivity contribution in [3.63, 3.8) is 0 Å². The molecule has 3 nitrogen and oxygen atoms in total. The van der Waals surface area contributed by atoms with E-state index < -0.39 is 0 Å². The number of hydrogen-bond acceptors (Lipinski definition) is 3. The van der Waals surface area contributed by atoms with Crippen LogP contribution in [0.5, 0.6) is 0 Å². The van der Waals surface area contributed by atoms with Gasteiger partial charge in [0.05, 0.1) is 6.61 Å².